The molecule has 0 fully saturated rings. The lowest BCUT2D eigenvalue weighted by Crippen LogP contribution is -1.96. The molecule has 1 aromatic rings. The van der Waals surface area contributed by atoms with Gasteiger partial charge in [0.1, 0.15) is 0 Å². The highest BCUT2D eigenvalue weighted by Gasteiger charge is 2.15. The summed E-state index contributed by atoms with van der Waals surface area (Å²) in [5, 5.41) is 8.86. The Bertz CT molecular complexity index is 351. The second-order valence-electron chi connectivity index (χ2n) is 2.56. The van der Waals surface area contributed by atoms with Crippen LogP contribution in [-0.4, -0.2) is 11.7 Å². The van der Waals surface area contributed by atoms with Gasteiger partial charge in [-0.3, -0.25) is 0 Å². The normalized spacial score (nSPS) is 11.1. The van der Waals surface area contributed by atoms with Gasteiger partial charge in [-0.15, -0.1) is 0 Å². The third-order valence-electron chi connectivity index (χ3n) is 1.59. The zero-order valence-electron chi connectivity index (χ0n) is 7.10. The van der Waals surface area contributed by atoms with Crippen molar-refractivity contribution in [1.29, 1.82) is 0 Å². The molecule has 0 aliphatic rings. The van der Waals surface area contributed by atoms with Gasteiger partial charge < -0.3 is 10.8 Å². The SMILES string of the molecule is NC/C=C/c1c(F)c(O)cc(F)c1F. The highest BCUT2D eigenvalue weighted by Crippen LogP contribution is 2.25. The molecule has 0 heterocycles. The maximum absolute atomic E-state index is 13.0. The van der Waals surface area contributed by atoms with Crippen LogP contribution in [0.5, 0.6) is 5.75 Å². The molecular weight excluding hydrogens is 195 g/mol. The first-order chi connectivity index (χ1) is 6.57. The first kappa shape index (κ1) is 10.6. The van der Waals surface area contributed by atoms with Crippen LogP contribution in [0.15, 0.2) is 12.1 Å². The molecule has 14 heavy (non-hydrogen) atoms. The number of hydrogen-bond acceptors (Lipinski definition) is 2. The van der Waals surface area contributed by atoms with Gasteiger partial charge in [0.15, 0.2) is 23.2 Å². The van der Waals surface area contributed by atoms with Gasteiger partial charge in [0.25, 0.3) is 0 Å². The van der Waals surface area contributed by atoms with E-state index in [0.29, 0.717) is 6.07 Å². The molecule has 3 N–H and O–H groups in total. The molecular formula is C9H8F3NO. The second-order valence-corrected chi connectivity index (χ2v) is 2.56. The smallest absolute Gasteiger partial charge is 0.175 e. The monoisotopic (exact) mass is 203 g/mol. The maximum atomic E-state index is 13.0. The molecule has 0 bridgehead atoms. The van der Waals surface area contributed by atoms with Gasteiger partial charge in [-0.25, -0.2) is 13.2 Å². The van der Waals surface area contributed by atoms with Crippen molar-refractivity contribution in [3.05, 3.63) is 35.2 Å². The number of rotatable bonds is 2. The molecule has 0 radical (unpaired) electrons. The first-order valence-corrected chi connectivity index (χ1v) is 3.81. The quantitative estimate of drug-likeness (QED) is 0.719. The van der Waals surface area contributed by atoms with Crippen molar-refractivity contribution in [2.45, 2.75) is 0 Å². The molecule has 0 aliphatic heterocycles. The zero-order chi connectivity index (χ0) is 10.7. The Hall–Kier alpha value is -1.49. The number of benzene rings is 1. The van der Waals surface area contributed by atoms with Crippen molar-refractivity contribution in [3.8, 4) is 5.75 Å². The Kier molecular flexibility index (Phi) is 3.14. The van der Waals surface area contributed by atoms with Gasteiger partial charge >= 0.3 is 0 Å². The van der Waals surface area contributed by atoms with Crippen molar-refractivity contribution >= 4 is 6.08 Å². The van der Waals surface area contributed by atoms with Crippen molar-refractivity contribution in [2.24, 2.45) is 5.73 Å². The molecule has 0 saturated heterocycles. The number of hydrogen-bond donors (Lipinski definition) is 2. The largest absolute Gasteiger partial charge is 0.505 e. The highest BCUT2D eigenvalue weighted by molar-refractivity contribution is 5.54. The summed E-state index contributed by atoms with van der Waals surface area (Å²) in [7, 11) is 0. The van der Waals surface area contributed by atoms with E-state index in [4.69, 9.17) is 10.8 Å². The van der Waals surface area contributed by atoms with E-state index in [-0.39, 0.29) is 6.54 Å². The summed E-state index contributed by atoms with van der Waals surface area (Å²) in [5.41, 5.74) is 4.43. The molecule has 0 aliphatic carbocycles. The van der Waals surface area contributed by atoms with Gasteiger partial charge in [-0.2, -0.15) is 0 Å². The molecule has 0 spiro atoms. The van der Waals surface area contributed by atoms with Gasteiger partial charge in [-0.1, -0.05) is 12.2 Å². The Balaban J connectivity index is 3.32. The Morgan fingerprint density at radius 3 is 2.50 bits per heavy atom. The lowest BCUT2D eigenvalue weighted by atomic mass is 10.1. The summed E-state index contributed by atoms with van der Waals surface area (Å²) in [4.78, 5) is 0. The van der Waals surface area contributed by atoms with E-state index in [9.17, 15) is 13.2 Å². The van der Waals surface area contributed by atoms with Crippen LogP contribution in [0, 0.1) is 17.5 Å². The van der Waals surface area contributed by atoms with Crippen molar-refractivity contribution in [1.82, 2.24) is 0 Å². The summed E-state index contributed by atoms with van der Waals surface area (Å²) >= 11 is 0. The third-order valence-corrected chi connectivity index (χ3v) is 1.59. The fourth-order valence-corrected chi connectivity index (χ4v) is 0.942. The van der Waals surface area contributed by atoms with Gasteiger partial charge in [0.2, 0.25) is 0 Å². The van der Waals surface area contributed by atoms with Crippen LogP contribution in [0.4, 0.5) is 13.2 Å². The molecule has 0 unspecified atom stereocenters. The molecule has 0 amide bonds. The van der Waals surface area contributed by atoms with E-state index in [1.54, 1.807) is 0 Å². The Labute approximate surface area is 78.5 Å². The Morgan fingerprint density at radius 2 is 1.93 bits per heavy atom. The van der Waals surface area contributed by atoms with E-state index < -0.39 is 28.8 Å². The Morgan fingerprint density at radius 1 is 1.29 bits per heavy atom. The number of phenolic OH excluding ortho intramolecular Hbond substituents is 1. The van der Waals surface area contributed by atoms with Crippen LogP contribution in [0.25, 0.3) is 6.08 Å². The summed E-state index contributed by atoms with van der Waals surface area (Å²) in [6, 6.07) is 0.379. The van der Waals surface area contributed by atoms with Crippen LogP contribution in [0.1, 0.15) is 5.56 Å². The predicted octanol–water partition coefficient (Wildman–Crippen LogP) is 1.78. The van der Waals surface area contributed by atoms with Crippen LogP contribution in [0.2, 0.25) is 0 Å². The standard InChI is InChI=1S/C9H8F3NO/c10-6-4-7(14)9(12)5(8(6)11)2-1-3-13/h1-2,4,14H,3,13H2/b2-1+. The fraction of sp³-hybridized carbons (Fsp3) is 0.111. The van der Waals surface area contributed by atoms with E-state index in [0.717, 1.165) is 6.08 Å². The van der Waals surface area contributed by atoms with Crippen LogP contribution >= 0.6 is 0 Å². The molecule has 0 saturated carbocycles. The van der Waals surface area contributed by atoms with E-state index in [2.05, 4.69) is 0 Å². The van der Waals surface area contributed by atoms with Crippen LogP contribution in [0.3, 0.4) is 0 Å². The van der Waals surface area contributed by atoms with Crippen LogP contribution in [-0.2, 0) is 0 Å². The zero-order valence-corrected chi connectivity index (χ0v) is 7.10. The van der Waals surface area contributed by atoms with Gasteiger partial charge in [-0.05, 0) is 0 Å². The minimum atomic E-state index is -1.34. The summed E-state index contributed by atoms with van der Waals surface area (Å²) in [6.07, 6.45) is 2.23. The molecule has 0 atom stereocenters. The molecule has 5 heteroatoms. The van der Waals surface area contributed by atoms with Crippen LogP contribution < -0.4 is 5.73 Å². The average molecular weight is 203 g/mol. The number of phenols is 1. The molecule has 76 valence electrons. The van der Waals surface area contributed by atoms with Crippen molar-refractivity contribution in [3.63, 3.8) is 0 Å². The van der Waals surface area contributed by atoms with Crippen molar-refractivity contribution in [2.75, 3.05) is 6.54 Å². The minimum Gasteiger partial charge on any atom is -0.505 e. The van der Waals surface area contributed by atoms with Gasteiger partial charge in [0, 0.05) is 12.6 Å². The lowest BCUT2D eigenvalue weighted by Gasteiger charge is -2.02. The second kappa shape index (κ2) is 4.15. The van der Waals surface area contributed by atoms with Crippen molar-refractivity contribution < 1.29 is 18.3 Å². The molecule has 0 aromatic heterocycles. The molecule has 1 aromatic carbocycles. The van der Waals surface area contributed by atoms with Gasteiger partial charge in [0.05, 0.1) is 5.56 Å². The highest BCUT2D eigenvalue weighted by atomic mass is 19.2. The predicted molar refractivity (Wildman–Crippen MR) is 46.1 cm³/mol. The molecule has 1 rings (SSSR count). The topological polar surface area (TPSA) is 46.2 Å². The average Bonchev–Trinajstić information content (AvgIpc) is 2.15. The third kappa shape index (κ3) is 1.88. The van der Waals surface area contributed by atoms with E-state index >= 15 is 0 Å². The minimum absolute atomic E-state index is 0.0656. The van der Waals surface area contributed by atoms with E-state index in [1.807, 2.05) is 0 Å². The number of halogens is 3. The summed E-state index contributed by atoms with van der Waals surface area (Å²) < 4.78 is 38.6. The first-order valence-electron chi connectivity index (χ1n) is 3.81. The fourth-order valence-electron chi connectivity index (χ4n) is 0.942. The van der Waals surface area contributed by atoms with E-state index in [1.165, 1.54) is 6.08 Å². The summed E-state index contributed by atoms with van der Waals surface area (Å²) in [5.74, 6) is -4.78. The summed E-state index contributed by atoms with van der Waals surface area (Å²) in [6.45, 7) is 0.0656. The lowest BCUT2D eigenvalue weighted by molar-refractivity contribution is 0.411. The maximum Gasteiger partial charge on any atom is 0.175 e. The molecule has 2 nitrogen and oxygen atoms in total. The number of aromatic hydroxyl groups is 1. The number of nitrogens with two attached hydrogens (primary N) is 1.